The summed E-state index contributed by atoms with van der Waals surface area (Å²) in [6.45, 7) is 6.50. The number of hydrogen-bond donors (Lipinski definition) is 1. The second kappa shape index (κ2) is 4.84. The Morgan fingerprint density at radius 2 is 2.19 bits per heavy atom. The monoisotopic (exact) mass is 238 g/mol. The first-order valence-corrected chi connectivity index (χ1v) is 7.12. The molecule has 3 atom stereocenters. The zero-order chi connectivity index (χ0) is 11.7. The largest absolute Gasteiger partial charge is 0.323 e. The summed E-state index contributed by atoms with van der Waals surface area (Å²) in [5.74, 6) is 1.56. The van der Waals surface area contributed by atoms with Crippen LogP contribution in [-0.2, 0) is 0 Å². The average molecular weight is 238 g/mol. The maximum atomic E-state index is 5.96. The van der Waals surface area contributed by atoms with Gasteiger partial charge in [0.15, 0.2) is 0 Å². The minimum Gasteiger partial charge on any atom is -0.323 e. The Morgan fingerprint density at radius 1 is 1.44 bits per heavy atom. The lowest BCUT2D eigenvalue weighted by atomic mass is 9.83. The molecule has 1 fully saturated rings. The van der Waals surface area contributed by atoms with E-state index in [9.17, 15) is 0 Å². The molecule has 3 heteroatoms. The molecule has 1 heterocycles. The normalized spacial score (nSPS) is 28.0. The molecule has 3 unspecified atom stereocenters. The molecular weight excluding hydrogens is 216 g/mol. The third-order valence-corrected chi connectivity index (χ3v) is 5.07. The second-order valence-electron chi connectivity index (χ2n) is 5.26. The van der Waals surface area contributed by atoms with E-state index in [1.165, 1.54) is 35.6 Å². The van der Waals surface area contributed by atoms with Gasteiger partial charge in [0.25, 0.3) is 0 Å². The fourth-order valence-corrected chi connectivity index (χ4v) is 3.85. The average Bonchev–Trinajstić information content (AvgIpc) is 2.60. The maximum Gasteiger partial charge on any atom is 0.0962 e. The third-order valence-electron chi connectivity index (χ3n) is 3.55. The van der Waals surface area contributed by atoms with Gasteiger partial charge in [-0.3, -0.25) is 0 Å². The van der Waals surface area contributed by atoms with E-state index in [4.69, 9.17) is 10.7 Å². The van der Waals surface area contributed by atoms with Crippen molar-refractivity contribution in [3.63, 3.8) is 0 Å². The third kappa shape index (κ3) is 2.46. The van der Waals surface area contributed by atoms with E-state index in [0.717, 1.165) is 11.6 Å². The van der Waals surface area contributed by atoms with Gasteiger partial charge in [-0.05, 0) is 32.6 Å². The molecule has 1 aliphatic carbocycles. The topological polar surface area (TPSA) is 38.9 Å². The van der Waals surface area contributed by atoms with Crippen molar-refractivity contribution in [1.29, 1.82) is 0 Å². The summed E-state index contributed by atoms with van der Waals surface area (Å²) in [5.41, 5.74) is 7.10. The molecule has 0 aliphatic heterocycles. The van der Waals surface area contributed by atoms with Gasteiger partial charge in [0.1, 0.15) is 0 Å². The lowest BCUT2D eigenvalue weighted by Gasteiger charge is -2.24. The lowest BCUT2D eigenvalue weighted by molar-refractivity contribution is 0.343. The van der Waals surface area contributed by atoms with Crippen LogP contribution in [0, 0.1) is 12.8 Å². The summed E-state index contributed by atoms with van der Waals surface area (Å²) in [6.07, 6.45) is 5.38. The van der Waals surface area contributed by atoms with Crippen LogP contribution in [0.4, 0.5) is 0 Å². The van der Waals surface area contributed by atoms with Crippen molar-refractivity contribution in [2.45, 2.75) is 58.4 Å². The number of rotatable bonds is 2. The lowest BCUT2D eigenvalue weighted by Crippen LogP contribution is -2.11. The van der Waals surface area contributed by atoms with Gasteiger partial charge in [0.2, 0.25) is 0 Å². The van der Waals surface area contributed by atoms with Crippen LogP contribution in [0.1, 0.15) is 67.1 Å². The fraction of sp³-hybridized carbons (Fsp3) is 0.769. The highest BCUT2D eigenvalue weighted by Crippen LogP contribution is 2.39. The molecule has 1 aliphatic rings. The van der Waals surface area contributed by atoms with Crippen molar-refractivity contribution in [3.8, 4) is 0 Å². The Labute approximate surface area is 102 Å². The summed E-state index contributed by atoms with van der Waals surface area (Å²) in [4.78, 5) is 6.00. The van der Waals surface area contributed by atoms with Crippen molar-refractivity contribution in [2.24, 2.45) is 11.7 Å². The summed E-state index contributed by atoms with van der Waals surface area (Å²) in [6, 6.07) is 0.132. The Hall–Kier alpha value is -0.410. The smallest absolute Gasteiger partial charge is 0.0962 e. The first kappa shape index (κ1) is 12.1. The van der Waals surface area contributed by atoms with E-state index in [2.05, 4.69) is 13.8 Å². The fourth-order valence-electron chi connectivity index (χ4n) is 2.69. The number of nitrogens with two attached hydrogens (primary N) is 1. The molecule has 16 heavy (non-hydrogen) atoms. The molecule has 0 aromatic carbocycles. The van der Waals surface area contributed by atoms with E-state index >= 15 is 0 Å². The molecule has 1 saturated carbocycles. The van der Waals surface area contributed by atoms with Crippen LogP contribution in [0.5, 0.6) is 0 Å². The van der Waals surface area contributed by atoms with Crippen LogP contribution in [-0.4, -0.2) is 4.98 Å². The van der Waals surface area contributed by atoms with Gasteiger partial charge in [-0.15, -0.1) is 11.3 Å². The zero-order valence-electron chi connectivity index (χ0n) is 10.5. The van der Waals surface area contributed by atoms with Crippen LogP contribution < -0.4 is 5.73 Å². The SMILES string of the molecule is Cc1nc(C2CCCC(C)C2)sc1C(C)N. The van der Waals surface area contributed by atoms with E-state index in [1.807, 2.05) is 18.3 Å². The first-order valence-electron chi connectivity index (χ1n) is 6.30. The van der Waals surface area contributed by atoms with Gasteiger partial charge >= 0.3 is 0 Å². The van der Waals surface area contributed by atoms with Crippen molar-refractivity contribution in [2.75, 3.05) is 0 Å². The van der Waals surface area contributed by atoms with E-state index < -0.39 is 0 Å². The van der Waals surface area contributed by atoms with Crippen molar-refractivity contribution in [3.05, 3.63) is 15.6 Å². The van der Waals surface area contributed by atoms with Gasteiger partial charge in [-0.25, -0.2) is 4.98 Å². The van der Waals surface area contributed by atoms with E-state index in [-0.39, 0.29) is 6.04 Å². The number of thiazole rings is 1. The number of hydrogen-bond acceptors (Lipinski definition) is 3. The summed E-state index contributed by atoms with van der Waals surface area (Å²) in [7, 11) is 0. The standard InChI is InChI=1S/C13H22N2S/c1-8-5-4-6-11(7-8)13-15-10(3)12(16-13)9(2)14/h8-9,11H,4-7,14H2,1-3H3. The van der Waals surface area contributed by atoms with Gasteiger partial charge in [-0.2, -0.15) is 0 Å². The molecule has 1 aromatic rings. The predicted octanol–water partition coefficient (Wildman–Crippen LogP) is 3.76. The molecule has 2 nitrogen and oxygen atoms in total. The van der Waals surface area contributed by atoms with Crippen molar-refractivity contribution < 1.29 is 0 Å². The molecule has 0 amide bonds. The van der Waals surface area contributed by atoms with Crippen LogP contribution in [0.2, 0.25) is 0 Å². The quantitative estimate of drug-likeness (QED) is 0.852. The number of aryl methyl sites for hydroxylation is 1. The van der Waals surface area contributed by atoms with Crippen LogP contribution >= 0.6 is 11.3 Å². The van der Waals surface area contributed by atoms with Crippen LogP contribution in [0.3, 0.4) is 0 Å². The zero-order valence-corrected chi connectivity index (χ0v) is 11.3. The Balaban J connectivity index is 2.17. The molecular formula is C13H22N2S. The molecule has 0 radical (unpaired) electrons. The molecule has 0 spiro atoms. The van der Waals surface area contributed by atoms with Crippen LogP contribution in [0.15, 0.2) is 0 Å². The van der Waals surface area contributed by atoms with E-state index in [1.54, 1.807) is 0 Å². The molecule has 2 N–H and O–H groups in total. The van der Waals surface area contributed by atoms with Gasteiger partial charge in [0.05, 0.1) is 10.7 Å². The number of nitrogens with zero attached hydrogens (tertiary/aromatic N) is 1. The molecule has 90 valence electrons. The van der Waals surface area contributed by atoms with Gasteiger partial charge in [-0.1, -0.05) is 19.8 Å². The van der Waals surface area contributed by atoms with Crippen molar-refractivity contribution in [1.82, 2.24) is 4.98 Å². The Kier molecular flexibility index (Phi) is 3.65. The Bertz CT molecular complexity index is 357. The highest BCUT2D eigenvalue weighted by atomic mass is 32.1. The molecule has 0 bridgehead atoms. The molecule has 2 rings (SSSR count). The highest BCUT2D eigenvalue weighted by molar-refractivity contribution is 7.11. The summed E-state index contributed by atoms with van der Waals surface area (Å²) in [5, 5.41) is 1.33. The second-order valence-corrected chi connectivity index (χ2v) is 6.32. The van der Waals surface area contributed by atoms with Crippen LogP contribution in [0.25, 0.3) is 0 Å². The van der Waals surface area contributed by atoms with Crippen molar-refractivity contribution >= 4 is 11.3 Å². The first-order chi connectivity index (χ1) is 7.58. The Morgan fingerprint density at radius 3 is 2.75 bits per heavy atom. The number of aromatic nitrogens is 1. The summed E-state index contributed by atoms with van der Waals surface area (Å²) < 4.78 is 0. The minimum atomic E-state index is 0.132. The predicted molar refractivity (Wildman–Crippen MR) is 69.8 cm³/mol. The molecule has 1 aromatic heterocycles. The van der Waals surface area contributed by atoms with E-state index in [0.29, 0.717) is 5.92 Å². The summed E-state index contributed by atoms with van der Waals surface area (Å²) >= 11 is 1.84. The molecule has 0 saturated heterocycles. The highest BCUT2D eigenvalue weighted by Gasteiger charge is 2.24. The van der Waals surface area contributed by atoms with Gasteiger partial charge in [0, 0.05) is 16.8 Å². The van der Waals surface area contributed by atoms with Gasteiger partial charge < -0.3 is 5.73 Å². The minimum absolute atomic E-state index is 0.132. The maximum absolute atomic E-state index is 5.96.